The van der Waals surface area contributed by atoms with Crippen LogP contribution in [0.25, 0.3) is 5.69 Å². The van der Waals surface area contributed by atoms with Gasteiger partial charge < -0.3 is 14.8 Å². The normalized spacial score (nSPS) is 33.7. The topological polar surface area (TPSA) is 125 Å². The SMILES string of the molecule is CC1=C2C[C@H]3O[C@@]3(C)[C@@H]2[C@H]2OC(=O)[C@@H](CNCc3cn(-c4ccccc4[N+](=O)[O-])nn3)[C@@H]2CC1. The molecule has 1 saturated carbocycles. The van der Waals surface area contributed by atoms with Gasteiger partial charge in [-0.3, -0.25) is 14.9 Å². The molecule has 0 unspecified atom stereocenters. The molecule has 34 heavy (non-hydrogen) atoms. The molecule has 1 aromatic carbocycles. The van der Waals surface area contributed by atoms with Crippen LogP contribution < -0.4 is 5.32 Å². The van der Waals surface area contributed by atoms with Gasteiger partial charge in [-0.15, -0.1) is 5.10 Å². The summed E-state index contributed by atoms with van der Waals surface area (Å²) in [5.74, 6) is -0.0399. The molecule has 0 amide bonds. The third-order valence-electron chi connectivity index (χ3n) is 8.14. The van der Waals surface area contributed by atoms with Gasteiger partial charge in [0.1, 0.15) is 17.4 Å². The zero-order chi connectivity index (χ0) is 23.6. The molecule has 2 aliphatic heterocycles. The van der Waals surface area contributed by atoms with Crippen LogP contribution in [0.5, 0.6) is 0 Å². The number of carbonyl (C=O) groups is 1. The molecule has 3 fully saturated rings. The molecule has 0 bridgehead atoms. The van der Waals surface area contributed by atoms with Crippen molar-refractivity contribution in [3.63, 3.8) is 0 Å². The van der Waals surface area contributed by atoms with Crippen molar-refractivity contribution in [2.75, 3.05) is 6.54 Å². The first-order chi connectivity index (χ1) is 16.4. The summed E-state index contributed by atoms with van der Waals surface area (Å²) in [5, 5.41) is 22.8. The number of ether oxygens (including phenoxy) is 2. The summed E-state index contributed by atoms with van der Waals surface area (Å²) in [6.45, 7) is 5.26. The number of nitrogens with one attached hydrogen (secondary N) is 1. The van der Waals surface area contributed by atoms with Gasteiger partial charge >= 0.3 is 5.97 Å². The predicted molar refractivity (Wildman–Crippen MR) is 120 cm³/mol. The standard InChI is InChI=1S/C24H27N5O5/c1-13-7-8-15-17(23(30)33-22(15)21-16(13)9-20-24(21,2)34-20)11-25-10-14-12-28(27-26-14)18-5-3-4-6-19(18)29(31)32/h3-6,12,15,17,20-22,25H,7-11H2,1-2H3/t15-,17-,20+,21-,22-,24+/m0/s1. The van der Waals surface area contributed by atoms with Gasteiger partial charge in [0.2, 0.25) is 0 Å². The van der Waals surface area contributed by atoms with Crippen LogP contribution in [0.1, 0.15) is 38.8 Å². The molecule has 6 rings (SSSR count). The van der Waals surface area contributed by atoms with Gasteiger partial charge in [-0.2, -0.15) is 0 Å². The maximum atomic E-state index is 12.9. The number of benzene rings is 1. The van der Waals surface area contributed by atoms with Gasteiger partial charge in [-0.25, -0.2) is 4.68 Å². The van der Waals surface area contributed by atoms with Crippen molar-refractivity contribution in [1.82, 2.24) is 20.3 Å². The number of aromatic nitrogens is 3. The number of nitrogens with zero attached hydrogens (tertiary/aromatic N) is 4. The summed E-state index contributed by atoms with van der Waals surface area (Å²) >= 11 is 0. The van der Waals surface area contributed by atoms with Crippen LogP contribution in [0.15, 0.2) is 41.6 Å². The molecule has 0 spiro atoms. The first-order valence-corrected chi connectivity index (χ1v) is 11.8. The van der Waals surface area contributed by atoms with E-state index in [2.05, 4.69) is 29.5 Å². The van der Waals surface area contributed by atoms with Crippen LogP contribution in [-0.2, 0) is 20.8 Å². The van der Waals surface area contributed by atoms with Crippen molar-refractivity contribution < 1.29 is 19.2 Å². The molecule has 6 atom stereocenters. The summed E-state index contributed by atoms with van der Waals surface area (Å²) < 4.78 is 13.4. The van der Waals surface area contributed by atoms with Crippen molar-refractivity contribution >= 4 is 11.7 Å². The molecule has 10 nitrogen and oxygen atoms in total. The number of epoxide rings is 1. The lowest BCUT2D eigenvalue weighted by atomic mass is 9.78. The number of esters is 1. The van der Waals surface area contributed by atoms with Crippen molar-refractivity contribution in [2.45, 2.75) is 57.5 Å². The number of rotatable bonds is 6. The van der Waals surface area contributed by atoms with E-state index < -0.39 is 4.92 Å². The summed E-state index contributed by atoms with van der Waals surface area (Å²) in [5.41, 5.74) is 3.65. The molecule has 1 aromatic heterocycles. The minimum atomic E-state index is -0.439. The molecule has 4 aliphatic rings. The third kappa shape index (κ3) is 3.27. The molecule has 178 valence electrons. The Morgan fingerprint density at radius 3 is 3.00 bits per heavy atom. The maximum absolute atomic E-state index is 12.9. The number of para-hydroxylation sites is 2. The van der Waals surface area contributed by atoms with Crippen molar-refractivity contribution in [1.29, 1.82) is 0 Å². The number of nitro groups is 1. The van der Waals surface area contributed by atoms with Crippen molar-refractivity contribution in [3.8, 4) is 5.69 Å². The van der Waals surface area contributed by atoms with Gasteiger partial charge in [0.05, 0.1) is 28.8 Å². The van der Waals surface area contributed by atoms with Crippen LogP contribution in [0.4, 0.5) is 5.69 Å². The molecular formula is C24H27N5O5. The van der Waals surface area contributed by atoms with Crippen molar-refractivity contribution in [2.24, 2.45) is 17.8 Å². The van der Waals surface area contributed by atoms with E-state index in [9.17, 15) is 14.9 Å². The Bertz CT molecular complexity index is 1210. The fourth-order valence-corrected chi connectivity index (χ4v) is 6.26. The Kier molecular flexibility index (Phi) is 4.86. The third-order valence-corrected chi connectivity index (χ3v) is 8.14. The van der Waals surface area contributed by atoms with Crippen LogP contribution in [-0.4, -0.2) is 50.2 Å². The zero-order valence-electron chi connectivity index (χ0n) is 19.1. The first-order valence-electron chi connectivity index (χ1n) is 11.8. The second kappa shape index (κ2) is 7.71. The summed E-state index contributed by atoms with van der Waals surface area (Å²) in [7, 11) is 0. The van der Waals surface area contributed by atoms with Crippen LogP contribution >= 0.6 is 0 Å². The van der Waals surface area contributed by atoms with Crippen LogP contribution in [0.3, 0.4) is 0 Å². The molecule has 10 heteroatoms. The quantitative estimate of drug-likeness (QED) is 0.227. The van der Waals surface area contributed by atoms with E-state index in [0.29, 0.717) is 24.5 Å². The van der Waals surface area contributed by atoms with E-state index in [1.807, 2.05) is 0 Å². The monoisotopic (exact) mass is 465 g/mol. The zero-order valence-corrected chi connectivity index (χ0v) is 19.1. The highest BCUT2D eigenvalue weighted by Gasteiger charge is 2.69. The number of allylic oxidation sites excluding steroid dienone is 1. The predicted octanol–water partition coefficient (Wildman–Crippen LogP) is 2.71. The van der Waals surface area contributed by atoms with E-state index in [-0.39, 0.29) is 47.2 Å². The number of fused-ring (bicyclic) bond motifs is 5. The molecular weight excluding hydrogens is 438 g/mol. The molecule has 2 saturated heterocycles. The smallest absolute Gasteiger partial charge is 0.310 e. The Morgan fingerprint density at radius 1 is 1.35 bits per heavy atom. The van der Waals surface area contributed by atoms with E-state index in [4.69, 9.17) is 9.47 Å². The average Bonchev–Trinajstić information content (AvgIpc) is 3.11. The number of hydrogen-bond donors (Lipinski definition) is 1. The van der Waals surface area contributed by atoms with Gasteiger partial charge in [-0.1, -0.05) is 28.5 Å². The lowest BCUT2D eigenvalue weighted by molar-refractivity contribution is -0.384. The Labute approximate surface area is 196 Å². The fourth-order valence-electron chi connectivity index (χ4n) is 6.26. The Hall–Kier alpha value is -3.11. The lowest BCUT2D eigenvalue weighted by Gasteiger charge is -2.28. The van der Waals surface area contributed by atoms with E-state index in [1.165, 1.54) is 21.9 Å². The molecule has 0 radical (unpaired) electrons. The average molecular weight is 466 g/mol. The summed E-state index contributed by atoms with van der Waals surface area (Å²) in [6, 6.07) is 6.40. The summed E-state index contributed by atoms with van der Waals surface area (Å²) in [6.07, 6.45) is 4.70. The van der Waals surface area contributed by atoms with E-state index in [1.54, 1.807) is 24.4 Å². The Balaban J connectivity index is 1.13. The molecule has 1 N–H and O–H groups in total. The molecule has 3 heterocycles. The maximum Gasteiger partial charge on any atom is 0.310 e. The highest BCUT2D eigenvalue weighted by molar-refractivity contribution is 5.76. The number of carbonyl (C=O) groups excluding carboxylic acids is 1. The second-order valence-corrected chi connectivity index (χ2v) is 10.0. The highest BCUT2D eigenvalue weighted by atomic mass is 16.6. The number of nitro benzene ring substituents is 1. The molecule has 2 aromatic rings. The van der Waals surface area contributed by atoms with Crippen LogP contribution in [0.2, 0.25) is 0 Å². The largest absolute Gasteiger partial charge is 0.461 e. The lowest BCUT2D eigenvalue weighted by Crippen LogP contribution is -2.37. The van der Waals surface area contributed by atoms with Gasteiger partial charge in [0.15, 0.2) is 0 Å². The van der Waals surface area contributed by atoms with E-state index >= 15 is 0 Å². The highest BCUT2D eigenvalue weighted by Crippen LogP contribution is 2.62. The second-order valence-electron chi connectivity index (χ2n) is 10.0. The molecule has 2 aliphatic carbocycles. The minimum absolute atomic E-state index is 0.0363. The summed E-state index contributed by atoms with van der Waals surface area (Å²) in [4.78, 5) is 23.7. The first kappa shape index (κ1) is 21.4. The van der Waals surface area contributed by atoms with Gasteiger partial charge in [-0.05, 0) is 39.2 Å². The van der Waals surface area contributed by atoms with Crippen LogP contribution in [0, 0.1) is 27.9 Å². The van der Waals surface area contributed by atoms with Gasteiger partial charge in [0.25, 0.3) is 5.69 Å². The number of hydrogen-bond acceptors (Lipinski definition) is 8. The van der Waals surface area contributed by atoms with Crippen molar-refractivity contribution in [3.05, 3.63) is 57.4 Å². The fraction of sp³-hybridized carbons (Fsp3) is 0.542. The minimum Gasteiger partial charge on any atom is -0.461 e. The Morgan fingerprint density at radius 2 is 2.18 bits per heavy atom. The van der Waals surface area contributed by atoms with Gasteiger partial charge in [0, 0.05) is 31.0 Å². The van der Waals surface area contributed by atoms with E-state index in [0.717, 1.165) is 19.3 Å².